The van der Waals surface area contributed by atoms with E-state index in [1.165, 1.54) is 10.5 Å². The van der Waals surface area contributed by atoms with Gasteiger partial charge >= 0.3 is 5.69 Å². The van der Waals surface area contributed by atoms with Crippen molar-refractivity contribution >= 4 is 10.0 Å². The Labute approximate surface area is 143 Å². The second-order valence-electron chi connectivity index (χ2n) is 6.56. The van der Waals surface area contributed by atoms with E-state index in [0.29, 0.717) is 24.6 Å². The summed E-state index contributed by atoms with van der Waals surface area (Å²) >= 11 is 0. The zero-order valence-electron chi connectivity index (χ0n) is 13.8. The van der Waals surface area contributed by atoms with E-state index in [1.54, 1.807) is 4.57 Å². The third-order valence-electron chi connectivity index (χ3n) is 4.76. The number of hydrogen-bond acceptors (Lipinski definition) is 5. The van der Waals surface area contributed by atoms with Gasteiger partial charge in [-0.05, 0) is 18.8 Å². The topological polar surface area (TPSA) is 121 Å². The van der Waals surface area contributed by atoms with Crippen LogP contribution in [0.5, 0.6) is 0 Å². The van der Waals surface area contributed by atoms with Gasteiger partial charge in [-0.1, -0.05) is 6.92 Å². The molecule has 0 amide bonds. The average Bonchev–Trinajstić information content (AvgIpc) is 3.09. The first-order valence-corrected chi connectivity index (χ1v) is 9.73. The van der Waals surface area contributed by atoms with E-state index in [9.17, 15) is 18.0 Å². The molecule has 4 rings (SSSR count). The molecule has 2 aromatic heterocycles. The summed E-state index contributed by atoms with van der Waals surface area (Å²) in [4.78, 5) is 32.2. The van der Waals surface area contributed by atoms with Crippen molar-refractivity contribution in [2.45, 2.75) is 50.8 Å². The quantitative estimate of drug-likeness (QED) is 0.769. The molecular formula is C15H19N5O4S. The minimum Gasteiger partial charge on any atom is -0.318 e. The molecule has 9 nitrogen and oxygen atoms in total. The van der Waals surface area contributed by atoms with Gasteiger partial charge in [-0.2, -0.15) is 4.31 Å². The maximum Gasteiger partial charge on any atom is 0.325 e. The predicted molar refractivity (Wildman–Crippen MR) is 88.4 cm³/mol. The highest BCUT2D eigenvalue weighted by Gasteiger charge is 2.36. The van der Waals surface area contributed by atoms with Gasteiger partial charge in [0.15, 0.2) is 5.03 Å². The number of aryl methyl sites for hydroxylation is 1. The molecule has 2 N–H and O–H groups in total. The Balaban J connectivity index is 1.72. The van der Waals surface area contributed by atoms with Crippen molar-refractivity contribution in [3.63, 3.8) is 0 Å². The monoisotopic (exact) mass is 365 g/mol. The van der Waals surface area contributed by atoms with Gasteiger partial charge in [0.05, 0.1) is 18.3 Å². The van der Waals surface area contributed by atoms with Crippen LogP contribution in [0.4, 0.5) is 0 Å². The van der Waals surface area contributed by atoms with Crippen molar-refractivity contribution in [1.82, 2.24) is 23.8 Å². The van der Waals surface area contributed by atoms with E-state index in [0.717, 1.165) is 18.7 Å². The molecule has 3 heterocycles. The predicted octanol–water partition coefficient (Wildman–Crippen LogP) is -0.0634. The number of hydrogen-bond donors (Lipinski definition) is 2. The van der Waals surface area contributed by atoms with Gasteiger partial charge in [0.1, 0.15) is 5.82 Å². The summed E-state index contributed by atoms with van der Waals surface area (Å²) < 4.78 is 29.2. The minimum absolute atomic E-state index is 0.0209. The van der Waals surface area contributed by atoms with Crippen LogP contribution in [-0.4, -0.2) is 32.2 Å². The lowest BCUT2D eigenvalue weighted by molar-refractivity contribution is 0.419. The normalized spacial score (nSPS) is 17.8. The van der Waals surface area contributed by atoms with Gasteiger partial charge in [-0.15, -0.1) is 0 Å². The zero-order valence-corrected chi connectivity index (χ0v) is 14.6. The molecule has 0 bridgehead atoms. The first kappa shape index (κ1) is 16.3. The fourth-order valence-electron chi connectivity index (χ4n) is 3.21. The van der Waals surface area contributed by atoms with Crippen LogP contribution in [0.15, 0.2) is 20.8 Å². The van der Waals surface area contributed by atoms with Crippen molar-refractivity contribution in [2.24, 2.45) is 5.92 Å². The van der Waals surface area contributed by atoms with Crippen molar-refractivity contribution in [3.05, 3.63) is 44.1 Å². The largest absolute Gasteiger partial charge is 0.325 e. The van der Waals surface area contributed by atoms with E-state index in [1.807, 2.05) is 6.92 Å². The number of imidazole rings is 1. The Morgan fingerprint density at radius 3 is 2.68 bits per heavy atom. The van der Waals surface area contributed by atoms with E-state index in [4.69, 9.17) is 0 Å². The van der Waals surface area contributed by atoms with Crippen LogP contribution in [0.1, 0.15) is 36.8 Å². The third kappa shape index (κ3) is 2.74. The average molecular weight is 365 g/mol. The molecule has 134 valence electrons. The Morgan fingerprint density at radius 2 is 2.00 bits per heavy atom. The molecule has 1 aliphatic heterocycles. The smallest absolute Gasteiger partial charge is 0.318 e. The highest BCUT2D eigenvalue weighted by atomic mass is 32.2. The van der Waals surface area contributed by atoms with Gasteiger partial charge < -0.3 is 9.55 Å². The molecule has 1 aliphatic carbocycles. The minimum atomic E-state index is -3.81. The number of fused-ring (bicyclic) bond motifs is 1. The summed E-state index contributed by atoms with van der Waals surface area (Å²) in [5.74, 6) is 1.25. The highest BCUT2D eigenvalue weighted by molar-refractivity contribution is 7.89. The third-order valence-corrected chi connectivity index (χ3v) is 6.55. The molecule has 0 saturated heterocycles. The fraction of sp³-hybridized carbons (Fsp3) is 0.533. The van der Waals surface area contributed by atoms with Crippen molar-refractivity contribution in [3.8, 4) is 0 Å². The van der Waals surface area contributed by atoms with Gasteiger partial charge in [0, 0.05) is 25.2 Å². The molecule has 1 saturated carbocycles. The lowest BCUT2D eigenvalue weighted by atomic mass is 10.3. The van der Waals surface area contributed by atoms with E-state index < -0.39 is 21.3 Å². The van der Waals surface area contributed by atoms with Crippen LogP contribution in [-0.2, 0) is 36.1 Å². The molecule has 2 aliphatic rings. The number of sulfonamides is 1. The summed E-state index contributed by atoms with van der Waals surface area (Å²) in [6, 6.07) is 0. The summed E-state index contributed by atoms with van der Waals surface area (Å²) in [5.41, 5.74) is -0.541. The van der Waals surface area contributed by atoms with E-state index >= 15 is 0 Å². The second kappa shape index (κ2) is 5.67. The molecule has 0 atom stereocenters. The maximum absolute atomic E-state index is 13.1. The van der Waals surface area contributed by atoms with Crippen LogP contribution < -0.4 is 11.2 Å². The first-order valence-electron chi connectivity index (χ1n) is 8.29. The lowest BCUT2D eigenvalue weighted by Crippen LogP contribution is -2.29. The van der Waals surface area contributed by atoms with Crippen LogP contribution in [0.3, 0.4) is 0 Å². The summed E-state index contributed by atoms with van der Waals surface area (Å²) in [7, 11) is -3.81. The molecule has 0 aromatic carbocycles. The Morgan fingerprint density at radius 1 is 1.24 bits per heavy atom. The summed E-state index contributed by atoms with van der Waals surface area (Å²) in [6.07, 6.45) is 4.25. The number of aromatic nitrogens is 4. The molecule has 1 fully saturated rings. The van der Waals surface area contributed by atoms with Crippen LogP contribution in [0, 0.1) is 5.92 Å². The Hall–Kier alpha value is -2.20. The molecule has 0 spiro atoms. The van der Waals surface area contributed by atoms with Crippen LogP contribution in [0.2, 0.25) is 0 Å². The van der Waals surface area contributed by atoms with E-state index in [2.05, 4.69) is 15.0 Å². The summed E-state index contributed by atoms with van der Waals surface area (Å²) in [6.45, 7) is 2.51. The molecular weight excluding hydrogens is 346 g/mol. The first-order chi connectivity index (χ1) is 11.9. The standard InChI is InChI=1S/C15H19N5O4S/c1-2-12-16-5-13(20(12)6-9-3-4-9)25(23,24)19-7-10-11(8-19)17-15(22)18-14(10)21/h5,9H,2-4,6-8H2,1H3,(H2,17,18,21,22). The summed E-state index contributed by atoms with van der Waals surface area (Å²) in [5, 5.41) is 0.155. The van der Waals surface area contributed by atoms with Crippen molar-refractivity contribution in [1.29, 1.82) is 0 Å². The SMILES string of the molecule is CCc1ncc(S(=O)(=O)N2Cc3[nH]c(=O)[nH]c(=O)c3C2)n1CC1CC1. The van der Waals surface area contributed by atoms with Gasteiger partial charge in [0.2, 0.25) is 0 Å². The van der Waals surface area contributed by atoms with Crippen molar-refractivity contribution in [2.75, 3.05) is 0 Å². The molecule has 25 heavy (non-hydrogen) atoms. The van der Waals surface area contributed by atoms with Gasteiger partial charge in [-0.25, -0.2) is 18.2 Å². The Bertz CT molecular complexity index is 1040. The molecule has 0 radical (unpaired) electrons. The number of nitrogens with zero attached hydrogens (tertiary/aromatic N) is 3. The molecule has 0 unspecified atom stereocenters. The second-order valence-corrected chi connectivity index (χ2v) is 8.44. The van der Waals surface area contributed by atoms with Gasteiger partial charge in [0.25, 0.3) is 15.6 Å². The van der Waals surface area contributed by atoms with Gasteiger partial charge in [-0.3, -0.25) is 9.78 Å². The van der Waals surface area contributed by atoms with E-state index in [-0.39, 0.29) is 23.7 Å². The Kier molecular flexibility index (Phi) is 3.69. The fourth-order valence-corrected chi connectivity index (χ4v) is 4.72. The lowest BCUT2D eigenvalue weighted by Gasteiger charge is -2.17. The molecule has 10 heteroatoms. The zero-order chi connectivity index (χ0) is 17.8. The van der Waals surface area contributed by atoms with Crippen molar-refractivity contribution < 1.29 is 8.42 Å². The van der Waals surface area contributed by atoms with Crippen LogP contribution >= 0.6 is 0 Å². The number of nitrogens with one attached hydrogen (secondary N) is 2. The maximum atomic E-state index is 13.1. The number of aromatic amines is 2. The van der Waals surface area contributed by atoms with Crippen LogP contribution in [0.25, 0.3) is 0 Å². The highest BCUT2D eigenvalue weighted by Crippen LogP contribution is 2.33. The number of rotatable bonds is 5. The number of H-pyrrole nitrogens is 2. The molecule has 2 aromatic rings.